The topological polar surface area (TPSA) is 81.6 Å². The Hall–Kier alpha value is -2.26. The van der Waals surface area contributed by atoms with Crippen molar-refractivity contribution >= 4 is 10.9 Å². The van der Waals surface area contributed by atoms with Crippen molar-refractivity contribution in [3.8, 4) is 0 Å². The molecule has 0 saturated heterocycles. The zero-order valence-corrected chi connectivity index (χ0v) is 7.84. The Morgan fingerprint density at radius 3 is 3.00 bits per heavy atom. The summed E-state index contributed by atoms with van der Waals surface area (Å²) in [5.41, 5.74) is 9.23. The van der Waals surface area contributed by atoms with Gasteiger partial charge in [0.2, 0.25) is 0 Å². The van der Waals surface area contributed by atoms with E-state index in [0.29, 0.717) is 5.56 Å². The highest BCUT2D eigenvalue weighted by molar-refractivity contribution is 5.78. The molecule has 0 saturated carbocycles. The smallest absolute Gasteiger partial charge is 0.251 e. The lowest BCUT2D eigenvalue weighted by atomic mass is 10.1. The monoisotopic (exact) mass is 200 g/mol. The molecule has 0 unspecified atom stereocenters. The van der Waals surface area contributed by atoms with Gasteiger partial charge in [-0.15, -0.1) is 0 Å². The van der Waals surface area contributed by atoms with Crippen LogP contribution in [0, 0.1) is 0 Å². The number of fused-ring (bicyclic) bond motifs is 1. The highest BCUT2D eigenvalue weighted by Gasteiger charge is 2.00. The van der Waals surface area contributed by atoms with Crippen LogP contribution in [0.15, 0.2) is 40.2 Å². The molecular formula is C10H8N4O. The van der Waals surface area contributed by atoms with Crippen LogP contribution in [0.5, 0.6) is 0 Å². The van der Waals surface area contributed by atoms with Crippen LogP contribution in [0.2, 0.25) is 0 Å². The van der Waals surface area contributed by atoms with E-state index in [0.717, 1.165) is 10.9 Å². The quantitative estimate of drug-likeness (QED) is 0.450. The summed E-state index contributed by atoms with van der Waals surface area (Å²) in [4.78, 5) is 16.9. The Morgan fingerprint density at radius 1 is 1.40 bits per heavy atom. The largest absolute Gasteiger partial charge is 0.322 e. The van der Waals surface area contributed by atoms with E-state index in [1.54, 1.807) is 6.07 Å². The van der Waals surface area contributed by atoms with E-state index < -0.39 is 0 Å². The summed E-state index contributed by atoms with van der Waals surface area (Å²) >= 11 is 0. The Balaban J connectivity index is 2.61. The van der Waals surface area contributed by atoms with Gasteiger partial charge in [-0.1, -0.05) is 23.3 Å². The molecule has 1 aromatic heterocycles. The second kappa shape index (κ2) is 3.86. The maximum absolute atomic E-state index is 11.5. The minimum Gasteiger partial charge on any atom is -0.322 e. The van der Waals surface area contributed by atoms with Crippen molar-refractivity contribution in [2.24, 2.45) is 5.11 Å². The lowest BCUT2D eigenvalue weighted by molar-refractivity contribution is 1.01. The lowest BCUT2D eigenvalue weighted by Gasteiger charge is -1.99. The van der Waals surface area contributed by atoms with Gasteiger partial charge in [0.25, 0.3) is 5.56 Å². The summed E-state index contributed by atoms with van der Waals surface area (Å²) in [6, 6.07) is 9.20. The Kier molecular flexibility index (Phi) is 2.39. The summed E-state index contributed by atoms with van der Waals surface area (Å²) < 4.78 is 0. The molecule has 0 amide bonds. The van der Waals surface area contributed by atoms with Crippen LogP contribution in [0.4, 0.5) is 0 Å². The van der Waals surface area contributed by atoms with Crippen LogP contribution in [-0.2, 0) is 6.54 Å². The van der Waals surface area contributed by atoms with Crippen molar-refractivity contribution in [1.82, 2.24) is 4.98 Å². The second-order valence-electron chi connectivity index (χ2n) is 3.10. The Morgan fingerprint density at radius 2 is 2.20 bits per heavy atom. The zero-order valence-electron chi connectivity index (χ0n) is 7.84. The number of azide groups is 1. The molecule has 1 aromatic carbocycles. The van der Waals surface area contributed by atoms with Crippen LogP contribution in [0.1, 0.15) is 5.56 Å². The molecule has 2 aromatic rings. The number of pyridine rings is 1. The van der Waals surface area contributed by atoms with Gasteiger partial charge in [-0.05, 0) is 23.1 Å². The van der Waals surface area contributed by atoms with Gasteiger partial charge in [-0.25, -0.2) is 0 Å². The highest BCUT2D eigenvalue weighted by Crippen LogP contribution is 2.10. The first-order valence-electron chi connectivity index (χ1n) is 4.43. The Bertz CT molecular complexity index is 596. The van der Waals surface area contributed by atoms with Crippen molar-refractivity contribution in [2.75, 3.05) is 0 Å². The Labute approximate surface area is 85.0 Å². The summed E-state index contributed by atoms with van der Waals surface area (Å²) in [6.45, 7) is 0.0800. The summed E-state index contributed by atoms with van der Waals surface area (Å²) in [5.74, 6) is 0. The van der Waals surface area contributed by atoms with E-state index in [1.807, 2.05) is 24.3 Å². The minimum atomic E-state index is -0.207. The third-order valence-corrected chi connectivity index (χ3v) is 2.13. The molecule has 74 valence electrons. The normalized spacial score (nSPS) is 9.87. The molecule has 0 aliphatic rings. The zero-order chi connectivity index (χ0) is 10.7. The number of hydrogen-bond donors (Lipinski definition) is 1. The van der Waals surface area contributed by atoms with Crippen molar-refractivity contribution in [2.45, 2.75) is 6.54 Å². The number of hydrogen-bond acceptors (Lipinski definition) is 2. The molecule has 0 aliphatic carbocycles. The fraction of sp³-hybridized carbons (Fsp3) is 0.100. The van der Waals surface area contributed by atoms with Crippen molar-refractivity contribution in [3.05, 3.63) is 56.7 Å². The molecule has 0 spiro atoms. The van der Waals surface area contributed by atoms with E-state index in [1.165, 1.54) is 0 Å². The van der Waals surface area contributed by atoms with Crippen LogP contribution >= 0.6 is 0 Å². The van der Waals surface area contributed by atoms with Gasteiger partial charge >= 0.3 is 0 Å². The molecule has 5 heteroatoms. The van der Waals surface area contributed by atoms with Gasteiger partial charge in [-0.3, -0.25) is 4.79 Å². The molecule has 0 radical (unpaired) electrons. The van der Waals surface area contributed by atoms with Crippen LogP contribution in [-0.4, -0.2) is 4.98 Å². The number of nitrogens with zero attached hydrogens (tertiary/aromatic N) is 3. The number of benzene rings is 1. The number of rotatable bonds is 2. The number of nitrogens with one attached hydrogen (secondary N) is 1. The van der Waals surface area contributed by atoms with Crippen molar-refractivity contribution < 1.29 is 0 Å². The van der Waals surface area contributed by atoms with Gasteiger partial charge in [0.15, 0.2) is 0 Å². The molecule has 15 heavy (non-hydrogen) atoms. The predicted octanol–water partition coefficient (Wildman–Crippen LogP) is 2.34. The average Bonchev–Trinajstić information content (AvgIpc) is 2.26. The summed E-state index contributed by atoms with van der Waals surface area (Å²) in [6.07, 6.45) is 0. The fourth-order valence-electron chi connectivity index (χ4n) is 1.42. The molecule has 1 N–H and O–H groups in total. The first kappa shape index (κ1) is 9.30. The molecular weight excluding hydrogens is 192 g/mol. The van der Waals surface area contributed by atoms with Crippen LogP contribution < -0.4 is 5.56 Å². The van der Waals surface area contributed by atoms with Gasteiger partial charge in [0, 0.05) is 16.0 Å². The number of aromatic nitrogens is 1. The van der Waals surface area contributed by atoms with Crippen LogP contribution in [0.3, 0.4) is 0 Å². The van der Waals surface area contributed by atoms with Crippen molar-refractivity contribution in [1.29, 1.82) is 0 Å². The number of H-pyrrole nitrogens is 1. The van der Waals surface area contributed by atoms with Gasteiger partial charge in [0.05, 0.1) is 6.54 Å². The first-order valence-corrected chi connectivity index (χ1v) is 4.43. The maximum Gasteiger partial charge on any atom is 0.251 e. The third kappa shape index (κ3) is 1.82. The number of aromatic amines is 1. The second-order valence-corrected chi connectivity index (χ2v) is 3.10. The fourth-order valence-corrected chi connectivity index (χ4v) is 1.42. The van der Waals surface area contributed by atoms with E-state index in [-0.39, 0.29) is 12.1 Å². The van der Waals surface area contributed by atoms with E-state index in [9.17, 15) is 4.79 Å². The molecule has 5 nitrogen and oxygen atoms in total. The minimum absolute atomic E-state index is 0.0800. The SMILES string of the molecule is [N-]=[N+]=NCc1cc2ccccc2[nH]c1=O. The number of para-hydroxylation sites is 1. The molecule has 2 rings (SSSR count). The van der Waals surface area contributed by atoms with E-state index in [2.05, 4.69) is 15.0 Å². The first-order chi connectivity index (χ1) is 7.31. The van der Waals surface area contributed by atoms with Gasteiger partial charge in [0.1, 0.15) is 0 Å². The molecule has 0 atom stereocenters. The average molecular weight is 200 g/mol. The molecule has 0 fully saturated rings. The van der Waals surface area contributed by atoms with Gasteiger partial charge in [-0.2, -0.15) is 0 Å². The van der Waals surface area contributed by atoms with Crippen LogP contribution in [0.25, 0.3) is 21.3 Å². The summed E-state index contributed by atoms with van der Waals surface area (Å²) in [7, 11) is 0. The standard InChI is InChI=1S/C10H8N4O/c11-14-12-6-8-5-7-3-1-2-4-9(7)13-10(8)15/h1-5H,6H2,(H,13,15). The summed E-state index contributed by atoms with van der Waals surface area (Å²) in [5, 5.41) is 4.30. The van der Waals surface area contributed by atoms with E-state index in [4.69, 9.17) is 5.53 Å². The molecule has 0 bridgehead atoms. The third-order valence-electron chi connectivity index (χ3n) is 2.13. The van der Waals surface area contributed by atoms with Gasteiger partial charge < -0.3 is 4.98 Å². The van der Waals surface area contributed by atoms with Crippen molar-refractivity contribution in [3.63, 3.8) is 0 Å². The molecule has 0 aliphatic heterocycles. The van der Waals surface area contributed by atoms with E-state index >= 15 is 0 Å². The highest BCUT2D eigenvalue weighted by atomic mass is 16.1. The molecule has 1 heterocycles. The lowest BCUT2D eigenvalue weighted by Crippen LogP contribution is -2.11. The predicted molar refractivity (Wildman–Crippen MR) is 57.4 cm³/mol. The maximum atomic E-state index is 11.5.